The molecule has 1 aromatic carbocycles. The maximum atomic E-state index is 13.6. The van der Waals surface area contributed by atoms with Gasteiger partial charge in [-0.25, -0.2) is 14.8 Å². The van der Waals surface area contributed by atoms with E-state index in [0.29, 0.717) is 35.0 Å². The lowest BCUT2D eigenvalue weighted by atomic mass is 10.1. The molecule has 1 saturated heterocycles. The summed E-state index contributed by atoms with van der Waals surface area (Å²) in [5.41, 5.74) is 2.71. The molecule has 1 aliphatic heterocycles. The molecule has 4 heterocycles. The van der Waals surface area contributed by atoms with Gasteiger partial charge in [0.1, 0.15) is 17.1 Å². The number of amides is 1. The molecule has 2 atom stereocenters. The second kappa shape index (κ2) is 12.7. The fraction of sp³-hybridized carbons (Fsp3) is 0.457. The van der Waals surface area contributed by atoms with E-state index in [1.807, 2.05) is 105 Å². The number of anilines is 4. The molecule has 0 spiro atoms. The molecule has 6 rings (SSSR count). The van der Waals surface area contributed by atoms with Crippen molar-refractivity contribution in [2.45, 2.75) is 91.0 Å². The van der Waals surface area contributed by atoms with Crippen molar-refractivity contribution in [3.05, 3.63) is 75.2 Å². The first-order valence-electron chi connectivity index (χ1n) is 16.1. The zero-order valence-electron chi connectivity index (χ0n) is 27.4. The summed E-state index contributed by atoms with van der Waals surface area (Å²) in [6.07, 6.45) is 7.52. The molecule has 0 bridgehead atoms. The minimum atomic E-state index is -0.545. The van der Waals surface area contributed by atoms with Crippen molar-refractivity contribution in [1.29, 1.82) is 0 Å². The first-order chi connectivity index (χ1) is 21.9. The number of pyridine rings is 2. The average Bonchev–Trinajstić information content (AvgIpc) is 3.54. The molecule has 242 valence electrons. The molecule has 2 aliphatic rings. The van der Waals surface area contributed by atoms with Crippen LogP contribution in [-0.2, 0) is 4.74 Å². The summed E-state index contributed by atoms with van der Waals surface area (Å²) < 4.78 is 8.11. The maximum absolute atomic E-state index is 13.6. The predicted molar refractivity (Wildman–Crippen MR) is 185 cm³/mol. The van der Waals surface area contributed by atoms with E-state index in [0.717, 1.165) is 48.0 Å². The Morgan fingerprint density at radius 1 is 0.978 bits per heavy atom. The molecule has 3 aromatic heterocycles. The lowest BCUT2D eigenvalue weighted by molar-refractivity contribution is 0.00566. The number of hydrogen-bond acceptors (Lipinski definition) is 8. The van der Waals surface area contributed by atoms with Gasteiger partial charge < -0.3 is 9.64 Å². The number of halogens is 1. The van der Waals surface area contributed by atoms with Gasteiger partial charge in [-0.2, -0.15) is 4.98 Å². The van der Waals surface area contributed by atoms with E-state index in [4.69, 9.17) is 19.7 Å². The van der Waals surface area contributed by atoms with Crippen LogP contribution in [0.25, 0.3) is 11.0 Å². The summed E-state index contributed by atoms with van der Waals surface area (Å²) in [7, 11) is 0. The number of fused-ring (bicyclic) bond motifs is 1. The van der Waals surface area contributed by atoms with E-state index in [1.54, 1.807) is 0 Å². The third-order valence-electron chi connectivity index (χ3n) is 8.88. The summed E-state index contributed by atoms with van der Waals surface area (Å²) >= 11 is 3.55. The number of carbonyl (C=O) groups excluding carboxylic acids is 1. The zero-order chi connectivity index (χ0) is 32.7. The molecule has 1 amide bonds. The molecular formula is C35H42BrN7O3. The number of carbonyl (C=O) groups is 1. The van der Waals surface area contributed by atoms with Gasteiger partial charge in [0.25, 0.3) is 5.56 Å². The number of rotatable bonds is 5. The Hall–Kier alpha value is -3.99. The van der Waals surface area contributed by atoms with Crippen molar-refractivity contribution in [2.75, 3.05) is 22.9 Å². The van der Waals surface area contributed by atoms with Crippen LogP contribution in [0.2, 0.25) is 0 Å². The second-order valence-electron chi connectivity index (χ2n) is 13.5. The second-order valence-corrected chi connectivity index (χ2v) is 14.3. The third-order valence-corrected chi connectivity index (χ3v) is 9.81. The van der Waals surface area contributed by atoms with Crippen LogP contribution < -0.4 is 15.4 Å². The van der Waals surface area contributed by atoms with Crippen LogP contribution in [0.1, 0.15) is 71.9 Å². The summed E-state index contributed by atoms with van der Waals surface area (Å²) in [6, 6.07) is 14.0. The van der Waals surface area contributed by atoms with Crippen molar-refractivity contribution in [3.8, 4) is 0 Å². The molecule has 2 unspecified atom stereocenters. The van der Waals surface area contributed by atoms with Gasteiger partial charge in [0.15, 0.2) is 0 Å². The van der Waals surface area contributed by atoms with Gasteiger partial charge in [-0.1, -0.05) is 31.0 Å². The lowest BCUT2D eigenvalue weighted by Crippen LogP contribution is -2.59. The van der Waals surface area contributed by atoms with Crippen molar-refractivity contribution in [2.24, 2.45) is 0 Å². The molecule has 0 radical (unpaired) electrons. The highest BCUT2D eigenvalue weighted by molar-refractivity contribution is 9.10. The highest BCUT2D eigenvalue weighted by Gasteiger charge is 2.36. The van der Waals surface area contributed by atoms with E-state index in [1.165, 1.54) is 0 Å². The van der Waals surface area contributed by atoms with Crippen molar-refractivity contribution < 1.29 is 9.53 Å². The lowest BCUT2D eigenvalue weighted by Gasteiger charge is -2.45. The molecule has 4 aromatic rings. The van der Waals surface area contributed by atoms with Gasteiger partial charge in [0.2, 0.25) is 5.95 Å². The van der Waals surface area contributed by atoms with Gasteiger partial charge in [0, 0.05) is 30.7 Å². The van der Waals surface area contributed by atoms with Crippen LogP contribution >= 0.6 is 15.9 Å². The molecule has 10 nitrogen and oxygen atoms in total. The Morgan fingerprint density at radius 3 is 2.26 bits per heavy atom. The number of aromatic nitrogens is 4. The van der Waals surface area contributed by atoms with Gasteiger partial charge in [-0.05, 0) is 100 Å². The number of hydrogen-bond donors (Lipinski definition) is 0. The summed E-state index contributed by atoms with van der Waals surface area (Å²) in [6.45, 7) is 13.0. The minimum Gasteiger partial charge on any atom is -0.444 e. The van der Waals surface area contributed by atoms with Crippen molar-refractivity contribution >= 4 is 56.2 Å². The quantitative estimate of drug-likeness (QED) is 0.211. The first kappa shape index (κ1) is 32.0. The number of nitrogens with zero attached hydrogens (tertiary/aromatic N) is 7. The molecule has 11 heteroatoms. The normalized spacial score (nSPS) is 19.1. The summed E-state index contributed by atoms with van der Waals surface area (Å²) in [4.78, 5) is 47.3. The molecule has 0 N–H and O–H groups in total. The Morgan fingerprint density at radius 2 is 1.65 bits per heavy atom. The minimum absolute atomic E-state index is 0.0361. The first-order valence-corrected chi connectivity index (χ1v) is 16.9. The number of para-hydroxylation sites is 1. The highest BCUT2D eigenvalue weighted by atomic mass is 79.9. The van der Waals surface area contributed by atoms with Crippen LogP contribution in [0.3, 0.4) is 0 Å². The van der Waals surface area contributed by atoms with Gasteiger partial charge >= 0.3 is 6.09 Å². The maximum Gasteiger partial charge on any atom is 0.410 e. The van der Waals surface area contributed by atoms with Crippen LogP contribution in [0, 0.1) is 6.92 Å². The van der Waals surface area contributed by atoms with Gasteiger partial charge in [-0.3, -0.25) is 19.2 Å². The number of aryl methyl sites for hydroxylation is 1. The fourth-order valence-electron chi connectivity index (χ4n) is 6.73. The molecule has 1 saturated carbocycles. The fourth-order valence-corrected chi connectivity index (χ4v) is 7.14. The zero-order valence-corrected chi connectivity index (χ0v) is 29.0. The van der Waals surface area contributed by atoms with Crippen LogP contribution in [0.5, 0.6) is 0 Å². The Kier molecular flexibility index (Phi) is 8.80. The van der Waals surface area contributed by atoms with E-state index in [-0.39, 0.29) is 29.8 Å². The summed E-state index contributed by atoms with van der Waals surface area (Å²) in [5.74, 6) is 1.10. The molecule has 1 aliphatic carbocycles. The van der Waals surface area contributed by atoms with Crippen LogP contribution in [0.15, 0.2) is 64.1 Å². The number of benzene rings is 1. The van der Waals surface area contributed by atoms with Crippen LogP contribution in [-0.4, -0.2) is 61.3 Å². The predicted octanol–water partition coefficient (Wildman–Crippen LogP) is 7.68. The van der Waals surface area contributed by atoms with Gasteiger partial charge in [-0.15, -0.1) is 0 Å². The highest BCUT2D eigenvalue weighted by Crippen LogP contribution is 2.36. The SMILES string of the molecule is Cc1c(Br)c(=O)n(C2CCCC2)c2nc(N(c3ccccc3)c3ccc(N4CC(C)N(C(=O)OC(C)(C)C)C(C)C4)cn3)ncc12. The average molecular weight is 689 g/mol. The Bertz CT molecular complexity index is 1770. The monoisotopic (exact) mass is 687 g/mol. The van der Waals surface area contributed by atoms with E-state index in [9.17, 15) is 9.59 Å². The summed E-state index contributed by atoms with van der Waals surface area (Å²) in [5, 5.41) is 0.854. The van der Waals surface area contributed by atoms with Crippen LogP contribution in [0.4, 0.5) is 27.9 Å². The Balaban J connectivity index is 1.35. The van der Waals surface area contributed by atoms with Crippen molar-refractivity contribution in [1.82, 2.24) is 24.4 Å². The largest absolute Gasteiger partial charge is 0.444 e. The molecule has 46 heavy (non-hydrogen) atoms. The third kappa shape index (κ3) is 6.21. The Labute approximate surface area is 278 Å². The molecule has 2 fully saturated rings. The molecular weight excluding hydrogens is 646 g/mol. The number of piperazine rings is 1. The smallest absolute Gasteiger partial charge is 0.410 e. The van der Waals surface area contributed by atoms with Crippen molar-refractivity contribution in [3.63, 3.8) is 0 Å². The van der Waals surface area contributed by atoms with E-state index >= 15 is 0 Å². The topological polar surface area (TPSA) is 96.7 Å². The van der Waals surface area contributed by atoms with Gasteiger partial charge in [0.05, 0.1) is 34.1 Å². The van der Waals surface area contributed by atoms with E-state index < -0.39 is 5.60 Å². The van der Waals surface area contributed by atoms with E-state index in [2.05, 4.69) is 26.9 Å². The number of ether oxygens (including phenoxy) is 1. The standard InChI is InChI=1S/C35H42BrN7O3/c1-22-20-40(21-23(2)41(22)34(45)46-35(4,5)6)27-16-17-29(37-18-27)42(25-12-8-7-9-13-25)33-38-19-28-24(3)30(36)32(44)43(31(28)39-33)26-14-10-11-15-26/h7-9,12-13,16-19,22-23,26H,10-11,14-15,20-21H2,1-6H3.